The van der Waals surface area contributed by atoms with Gasteiger partial charge in [-0.3, -0.25) is 0 Å². The Balaban J connectivity index is 2.42. The Labute approximate surface area is 66.4 Å². The first-order chi connectivity index (χ1) is 5.11. The lowest BCUT2D eigenvalue weighted by atomic mass is 9.95. The molecule has 0 bridgehead atoms. The van der Waals surface area contributed by atoms with Crippen molar-refractivity contribution in [3.63, 3.8) is 0 Å². The summed E-state index contributed by atoms with van der Waals surface area (Å²) >= 11 is 0. The molecule has 1 aliphatic heterocycles. The highest BCUT2D eigenvalue weighted by molar-refractivity contribution is 5.76. The van der Waals surface area contributed by atoms with Crippen molar-refractivity contribution < 1.29 is 14.6 Å². The van der Waals surface area contributed by atoms with Gasteiger partial charge in [0.2, 0.25) is 0 Å². The van der Waals surface area contributed by atoms with E-state index in [0.717, 1.165) is 6.42 Å². The van der Waals surface area contributed by atoms with Gasteiger partial charge in [0.1, 0.15) is 0 Å². The molecule has 0 aromatic heterocycles. The van der Waals surface area contributed by atoms with Crippen molar-refractivity contribution >= 4 is 5.97 Å². The summed E-state index contributed by atoms with van der Waals surface area (Å²) in [7, 11) is 0. The van der Waals surface area contributed by atoms with E-state index < -0.39 is 12.1 Å². The predicted molar refractivity (Wildman–Crippen MR) is 39.9 cm³/mol. The number of aliphatic hydroxyl groups excluding tert-OH is 1. The van der Waals surface area contributed by atoms with Crippen LogP contribution in [0.3, 0.4) is 0 Å². The van der Waals surface area contributed by atoms with Crippen molar-refractivity contribution in [3.8, 4) is 0 Å². The normalized spacial score (nSPS) is 31.1. The van der Waals surface area contributed by atoms with E-state index in [9.17, 15) is 9.90 Å². The van der Waals surface area contributed by atoms with Gasteiger partial charge in [0.15, 0.2) is 6.10 Å². The summed E-state index contributed by atoms with van der Waals surface area (Å²) in [6.07, 6.45) is -0.0233. The number of rotatable bonds is 2. The predicted octanol–water partition coefficient (Wildman–Crippen LogP) is 0.566. The molecule has 2 unspecified atom stereocenters. The molecule has 11 heavy (non-hydrogen) atoms. The molecule has 1 fully saturated rings. The molecule has 2 atom stereocenters. The Bertz CT molecular complexity index is 153. The van der Waals surface area contributed by atoms with Crippen LogP contribution >= 0.6 is 0 Å². The number of carbonyl (C=O) groups is 1. The number of cyclic esters (lactones) is 1. The summed E-state index contributed by atoms with van der Waals surface area (Å²) < 4.78 is 4.69. The molecule has 0 radical (unpaired) electrons. The van der Waals surface area contributed by atoms with Crippen LogP contribution in [0.1, 0.15) is 20.3 Å². The average Bonchev–Trinajstić information content (AvgIpc) is 2.18. The third-order valence-electron chi connectivity index (χ3n) is 1.90. The molecule has 1 aliphatic rings. The fourth-order valence-corrected chi connectivity index (χ4v) is 1.36. The number of hydrogen-bond donors (Lipinski definition) is 1. The van der Waals surface area contributed by atoms with E-state index in [0.29, 0.717) is 12.5 Å². The quantitative estimate of drug-likeness (QED) is 0.597. The molecule has 0 aromatic rings. The molecule has 0 saturated carbocycles. The molecule has 0 spiro atoms. The van der Waals surface area contributed by atoms with Crippen LogP contribution in [-0.4, -0.2) is 23.8 Å². The molecular formula is C8H14O3. The third-order valence-corrected chi connectivity index (χ3v) is 1.90. The van der Waals surface area contributed by atoms with Gasteiger partial charge in [-0.1, -0.05) is 13.8 Å². The Morgan fingerprint density at radius 3 is 2.73 bits per heavy atom. The molecule has 64 valence electrons. The number of hydrogen-bond acceptors (Lipinski definition) is 3. The maximum absolute atomic E-state index is 10.7. The van der Waals surface area contributed by atoms with Crippen molar-refractivity contribution in [2.75, 3.05) is 6.61 Å². The first kappa shape index (κ1) is 8.53. The van der Waals surface area contributed by atoms with Crippen LogP contribution in [0.2, 0.25) is 0 Å². The smallest absolute Gasteiger partial charge is 0.335 e. The van der Waals surface area contributed by atoms with Crippen LogP contribution < -0.4 is 0 Å². The first-order valence-electron chi connectivity index (χ1n) is 3.96. The molecule has 3 nitrogen and oxygen atoms in total. The highest BCUT2D eigenvalue weighted by Gasteiger charge is 2.35. The second-order valence-electron chi connectivity index (χ2n) is 3.46. The molecule has 1 N–H and O–H groups in total. The monoisotopic (exact) mass is 158 g/mol. The number of carbonyl (C=O) groups excluding carboxylic acids is 1. The fourth-order valence-electron chi connectivity index (χ4n) is 1.36. The minimum Gasteiger partial charge on any atom is -0.463 e. The zero-order chi connectivity index (χ0) is 8.43. The summed E-state index contributed by atoms with van der Waals surface area (Å²) in [6, 6.07) is 0. The van der Waals surface area contributed by atoms with E-state index in [2.05, 4.69) is 18.6 Å². The van der Waals surface area contributed by atoms with Crippen molar-refractivity contribution in [2.45, 2.75) is 26.4 Å². The first-order valence-corrected chi connectivity index (χ1v) is 3.96. The van der Waals surface area contributed by atoms with Gasteiger partial charge in [-0.05, 0) is 12.3 Å². The van der Waals surface area contributed by atoms with Gasteiger partial charge < -0.3 is 9.84 Å². The molecule has 0 amide bonds. The van der Waals surface area contributed by atoms with Crippen LogP contribution in [-0.2, 0) is 9.53 Å². The summed E-state index contributed by atoms with van der Waals surface area (Å²) in [5, 5.41) is 9.23. The van der Waals surface area contributed by atoms with Gasteiger partial charge >= 0.3 is 5.97 Å². The zero-order valence-corrected chi connectivity index (χ0v) is 6.91. The highest BCUT2D eigenvalue weighted by atomic mass is 16.6. The van der Waals surface area contributed by atoms with Crippen molar-refractivity contribution in [2.24, 2.45) is 11.8 Å². The minimum absolute atomic E-state index is 0.0162. The Hall–Kier alpha value is -0.570. The summed E-state index contributed by atoms with van der Waals surface area (Å²) in [5.41, 5.74) is 0. The van der Waals surface area contributed by atoms with E-state index in [1.54, 1.807) is 0 Å². The lowest BCUT2D eigenvalue weighted by molar-refractivity contribution is -0.144. The van der Waals surface area contributed by atoms with Crippen molar-refractivity contribution in [1.29, 1.82) is 0 Å². The second kappa shape index (κ2) is 3.22. The number of ether oxygens (including phenoxy) is 1. The lowest BCUT2D eigenvalue weighted by Crippen LogP contribution is -2.22. The SMILES string of the molecule is CC(C)CC1COC(=O)C1O. The van der Waals surface area contributed by atoms with Gasteiger partial charge in [0.05, 0.1) is 6.61 Å². The molecule has 0 aliphatic carbocycles. The molecule has 3 heteroatoms. The Morgan fingerprint density at radius 2 is 2.36 bits per heavy atom. The van der Waals surface area contributed by atoms with Gasteiger partial charge in [-0.25, -0.2) is 4.79 Å². The van der Waals surface area contributed by atoms with E-state index in [1.165, 1.54) is 0 Å². The van der Waals surface area contributed by atoms with E-state index >= 15 is 0 Å². The van der Waals surface area contributed by atoms with Gasteiger partial charge in [0.25, 0.3) is 0 Å². The molecule has 1 heterocycles. The van der Waals surface area contributed by atoms with Crippen LogP contribution in [0.4, 0.5) is 0 Å². The summed E-state index contributed by atoms with van der Waals surface area (Å²) in [5.74, 6) is 0.0577. The Morgan fingerprint density at radius 1 is 1.73 bits per heavy atom. The molecule has 0 aromatic carbocycles. The zero-order valence-electron chi connectivity index (χ0n) is 6.91. The van der Waals surface area contributed by atoms with E-state index in [-0.39, 0.29) is 5.92 Å². The minimum atomic E-state index is -0.877. The molecule has 1 saturated heterocycles. The van der Waals surface area contributed by atoms with Crippen molar-refractivity contribution in [3.05, 3.63) is 0 Å². The molecule has 1 rings (SSSR count). The maximum Gasteiger partial charge on any atom is 0.335 e. The average molecular weight is 158 g/mol. The number of aliphatic hydroxyl groups is 1. The van der Waals surface area contributed by atoms with E-state index in [1.807, 2.05) is 0 Å². The van der Waals surface area contributed by atoms with Crippen molar-refractivity contribution in [1.82, 2.24) is 0 Å². The summed E-state index contributed by atoms with van der Waals surface area (Å²) in [6.45, 7) is 4.52. The second-order valence-corrected chi connectivity index (χ2v) is 3.46. The van der Waals surface area contributed by atoms with E-state index in [4.69, 9.17) is 0 Å². The lowest BCUT2D eigenvalue weighted by Gasteiger charge is -2.11. The topological polar surface area (TPSA) is 46.5 Å². The maximum atomic E-state index is 10.7. The van der Waals surface area contributed by atoms with Gasteiger partial charge in [-0.15, -0.1) is 0 Å². The standard InChI is InChI=1S/C8H14O3/c1-5(2)3-6-4-11-8(10)7(6)9/h5-7,9H,3-4H2,1-2H3. The fraction of sp³-hybridized carbons (Fsp3) is 0.875. The molecular weight excluding hydrogens is 144 g/mol. The number of esters is 1. The highest BCUT2D eigenvalue weighted by Crippen LogP contribution is 2.22. The van der Waals surface area contributed by atoms with Crippen LogP contribution in [0.25, 0.3) is 0 Å². The third kappa shape index (κ3) is 1.93. The largest absolute Gasteiger partial charge is 0.463 e. The van der Waals surface area contributed by atoms with Crippen LogP contribution in [0.5, 0.6) is 0 Å². The van der Waals surface area contributed by atoms with Crippen LogP contribution in [0, 0.1) is 11.8 Å². The van der Waals surface area contributed by atoms with Gasteiger partial charge in [0, 0.05) is 5.92 Å². The van der Waals surface area contributed by atoms with Gasteiger partial charge in [-0.2, -0.15) is 0 Å². The Kier molecular flexibility index (Phi) is 2.49. The van der Waals surface area contributed by atoms with Crippen LogP contribution in [0.15, 0.2) is 0 Å². The summed E-state index contributed by atoms with van der Waals surface area (Å²) in [4.78, 5) is 10.7.